The molecule has 6 heterocycles. The fourth-order valence-corrected chi connectivity index (χ4v) is 15.7. The topological polar surface area (TPSA) is 82.1 Å². The molecule has 1 N–H and O–H groups in total. The first kappa shape index (κ1) is 48.4. The van der Waals surface area contributed by atoms with Gasteiger partial charge in [0.1, 0.15) is 0 Å². The molecular weight excluding hydrogens is 1250 g/mol. The van der Waals surface area contributed by atoms with E-state index in [1.54, 1.807) is 24.3 Å². The van der Waals surface area contributed by atoms with Gasteiger partial charge in [0.05, 0.1) is 74.7 Å². The summed E-state index contributed by atoms with van der Waals surface area (Å²) in [5, 5.41) is 20.0. The Morgan fingerprint density at radius 2 is 0.693 bits per heavy atom. The molecule has 16 aromatic carbocycles. The Morgan fingerprint density at radius 1 is 0.287 bits per heavy atom. The maximum atomic E-state index is 8.92. The molecule has 0 radical (unpaired) electrons. The molecule has 0 bridgehead atoms. The van der Waals surface area contributed by atoms with Gasteiger partial charge in [-0.3, -0.25) is 4.57 Å². The van der Waals surface area contributed by atoms with Crippen molar-refractivity contribution in [2.75, 3.05) is 0 Å². The SMILES string of the molecule is [2H]c1c([2H])c([2H])c(-c2nc(-n3c4ccccc4c4c5c6ccc7ccccc7c6n(-c6ccccc6)c5c5ccccc5c43)nc3ccccc23)c([2H])c1[2H].[2H]c1c([2H])c([2H])c(-c2nc(Cl)nc3ccccc23)c([2H])c1[2H].c1ccc(-n2c3c4ccccc4ccc3c3c4c5ccccc5[nH]c4c4ccccc4c32)cc1. The molecule has 0 amide bonds. The molecule has 0 aliphatic carbocycles. The third kappa shape index (κ3) is 9.16. The number of nitrogens with one attached hydrogen (secondary N) is 1. The van der Waals surface area contributed by atoms with E-state index in [-0.39, 0.29) is 52.0 Å². The molecule has 0 fully saturated rings. The maximum absolute atomic E-state index is 8.92. The number of benzene rings is 16. The van der Waals surface area contributed by atoms with Gasteiger partial charge in [0.25, 0.3) is 0 Å². The third-order valence-corrected chi connectivity index (χ3v) is 19.7. The molecule has 0 saturated carbocycles. The summed E-state index contributed by atoms with van der Waals surface area (Å²) in [6.07, 6.45) is 0. The lowest BCUT2D eigenvalue weighted by Gasteiger charge is -2.14. The van der Waals surface area contributed by atoms with Crippen molar-refractivity contribution < 1.29 is 13.7 Å². The lowest BCUT2D eigenvalue weighted by Crippen LogP contribution is -2.04. The highest BCUT2D eigenvalue weighted by Gasteiger charge is 2.28. The lowest BCUT2D eigenvalue weighted by molar-refractivity contribution is 1.02. The fourth-order valence-electron chi connectivity index (χ4n) is 15.5. The van der Waals surface area contributed by atoms with Gasteiger partial charge in [-0.15, -0.1) is 0 Å². The summed E-state index contributed by atoms with van der Waals surface area (Å²) in [6.45, 7) is 0. The molecule has 8 nitrogen and oxygen atoms in total. The number of para-hydroxylation sites is 6. The number of nitrogens with zero attached hydrogens (tertiary/aromatic N) is 7. The first-order valence-corrected chi connectivity index (χ1v) is 33.6. The zero-order valence-corrected chi connectivity index (χ0v) is 54.3. The van der Waals surface area contributed by atoms with Crippen LogP contribution in [0, 0.1) is 0 Å². The van der Waals surface area contributed by atoms with Crippen molar-refractivity contribution in [1.82, 2.24) is 38.6 Å². The van der Waals surface area contributed by atoms with Gasteiger partial charge in [0, 0.05) is 114 Å². The third-order valence-electron chi connectivity index (χ3n) is 19.5. The van der Waals surface area contributed by atoms with Crippen LogP contribution in [0.2, 0.25) is 5.28 Å². The number of hydrogen-bond donors (Lipinski definition) is 1. The van der Waals surface area contributed by atoms with Crippen molar-refractivity contribution in [2.45, 2.75) is 0 Å². The van der Waals surface area contributed by atoms with E-state index in [9.17, 15) is 0 Å². The van der Waals surface area contributed by atoms with Gasteiger partial charge >= 0.3 is 0 Å². The number of aromatic nitrogens is 8. The Hall–Kier alpha value is -13.3. The Labute approximate surface area is 597 Å². The summed E-state index contributed by atoms with van der Waals surface area (Å²) in [5.74, 6) is 0.341. The minimum absolute atomic E-state index is 0.0199. The molecule has 0 unspecified atom stereocenters. The Bertz CT molecular complexity index is 7690. The lowest BCUT2D eigenvalue weighted by atomic mass is 9.98. The van der Waals surface area contributed by atoms with Crippen LogP contribution in [0.3, 0.4) is 0 Å². The number of aromatic amines is 1. The maximum Gasteiger partial charge on any atom is 0.235 e. The van der Waals surface area contributed by atoms with Crippen molar-refractivity contribution in [2.24, 2.45) is 0 Å². The summed E-state index contributed by atoms with van der Waals surface area (Å²) < 4.78 is 89.3. The van der Waals surface area contributed by atoms with Crippen LogP contribution in [0.5, 0.6) is 0 Å². The van der Waals surface area contributed by atoms with Crippen LogP contribution in [-0.4, -0.2) is 38.6 Å². The van der Waals surface area contributed by atoms with Gasteiger partial charge in [-0.25, -0.2) is 19.9 Å². The van der Waals surface area contributed by atoms with Crippen molar-refractivity contribution in [3.8, 4) is 39.8 Å². The van der Waals surface area contributed by atoms with Gasteiger partial charge in [-0.05, 0) is 70.9 Å². The molecule has 0 aliphatic heterocycles. The number of rotatable bonds is 5. The standard InChI is InChI=1S/C46H28N4.C32H20N2.C14H9ClN2/c1-3-16-30(17-4-1)42-35-23-11-13-25-38(35)47-46(48-42)50-39-26-14-12-24-36(39)40-41-37-28-27-29-15-7-8-20-32(29)43(37)49(31-18-5-2-6-19-31)44(41)33-21-9-10-22-34(33)45(40)50;1-2-11-21(12-3-1)34-31-22-13-5-4-10-20(22)18-19-26(31)29-28-25-16-8-9-17-27(25)33-30(28)23-14-6-7-15-24(23)32(29)34;15-14-16-12-9-5-4-8-11(12)13(17-14)10-6-2-1-3-7-10/h1-28H;1-19,33H;1-9H/i1D,3D,4D,16D,17D;;1D,2D,3D,6D,7D. The molecule has 0 spiro atoms. The largest absolute Gasteiger partial charge is 0.354 e. The summed E-state index contributed by atoms with van der Waals surface area (Å²) in [7, 11) is 0. The van der Waals surface area contributed by atoms with Crippen molar-refractivity contribution >= 4 is 164 Å². The van der Waals surface area contributed by atoms with Gasteiger partial charge in [0.2, 0.25) is 11.2 Å². The minimum atomic E-state index is -0.447. The predicted octanol–water partition coefficient (Wildman–Crippen LogP) is 24.5. The van der Waals surface area contributed by atoms with Crippen LogP contribution < -0.4 is 0 Å². The van der Waals surface area contributed by atoms with Crippen molar-refractivity contribution in [3.63, 3.8) is 0 Å². The Kier molecular flexibility index (Phi) is 11.3. The number of hydrogen-bond acceptors (Lipinski definition) is 4. The second-order valence-electron chi connectivity index (χ2n) is 25.0. The normalized spacial score (nSPS) is 13.2. The minimum Gasteiger partial charge on any atom is -0.354 e. The average Bonchev–Trinajstić information content (AvgIpc) is 1.53. The van der Waals surface area contributed by atoms with E-state index in [0.29, 0.717) is 27.8 Å². The second-order valence-corrected chi connectivity index (χ2v) is 25.3. The molecule has 101 heavy (non-hydrogen) atoms. The highest BCUT2D eigenvalue weighted by molar-refractivity contribution is 6.40. The van der Waals surface area contributed by atoms with Gasteiger partial charge in [-0.2, -0.15) is 0 Å². The second kappa shape index (κ2) is 23.5. The Morgan fingerprint density at radius 3 is 1.26 bits per heavy atom. The summed E-state index contributed by atoms with van der Waals surface area (Å²) in [5.41, 5.74) is 12.9. The van der Waals surface area contributed by atoms with Gasteiger partial charge in [-0.1, -0.05) is 291 Å². The van der Waals surface area contributed by atoms with Crippen LogP contribution in [0.25, 0.3) is 192 Å². The van der Waals surface area contributed by atoms with Crippen LogP contribution >= 0.6 is 11.6 Å². The highest BCUT2D eigenvalue weighted by atomic mass is 35.5. The van der Waals surface area contributed by atoms with Crippen LogP contribution in [0.4, 0.5) is 0 Å². The zero-order chi connectivity index (χ0) is 75.4. The Balaban J connectivity index is 0.000000122. The highest BCUT2D eigenvalue weighted by Crippen LogP contribution is 2.50. The van der Waals surface area contributed by atoms with Crippen LogP contribution in [-0.2, 0) is 0 Å². The number of halogens is 1. The molecule has 472 valence electrons. The van der Waals surface area contributed by atoms with E-state index in [0.717, 1.165) is 70.8 Å². The predicted molar refractivity (Wildman–Crippen MR) is 424 cm³/mol. The van der Waals surface area contributed by atoms with Crippen LogP contribution in [0.15, 0.2) is 339 Å². The van der Waals surface area contributed by atoms with E-state index in [4.69, 9.17) is 35.3 Å². The van der Waals surface area contributed by atoms with Crippen LogP contribution in [0.1, 0.15) is 13.7 Å². The van der Waals surface area contributed by atoms with Crippen molar-refractivity contribution in [1.29, 1.82) is 0 Å². The van der Waals surface area contributed by atoms with Gasteiger partial charge in [0.15, 0.2) is 0 Å². The summed E-state index contributed by atoms with van der Waals surface area (Å²) in [6, 6.07) is 92.5. The fraction of sp³-hybridized carbons (Fsp3) is 0. The molecule has 0 atom stereocenters. The molecule has 6 aromatic heterocycles. The molecule has 22 rings (SSSR count). The average molecular weight is 1320 g/mol. The van der Waals surface area contributed by atoms with E-state index < -0.39 is 36.3 Å². The first-order chi connectivity index (χ1) is 54.2. The molecule has 9 heteroatoms. The zero-order valence-electron chi connectivity index (χ0n) is 63.6. The summed E-state index contributed by atoms with van der Waals surface area (Å²) >= 11 is 5.91. The quantitative estimate of drug-likeness (QED) is 0.174. The molecular formula is C92H57ClN8. The summed E-state index contributed by atoms with van der Waals surface area (Å²) in [4.78, 5) is 22.3. The van der Waals surface area contributed by atoms with E-state index in [1.807, 2.05) is 36.4 Å². The van der Waals surface area contributed by atoms with Crippen molar-refractivity contribution in [3.05, 3.63) is 345 Å². The number of fused-ring (bicyclic) bond motifs is 26. The molecule has 22 aromatic rings. The molecule has 0 saturated heterocycles. The number of H-pyrrole nitrogens is 1. The first-order valence-electron chi connectivity index (χ1n) is 38.3. The molecule has 0 aliphatic rings. The van der Waals surface area contributed by atoms with E-state index in [2.05, 4.69) is 247 Å². The monoisotopic (exact) mass is 1320 g/mol. The van der Waals surface area contributed by atoms with Gasteiger partial charge < -0.3 is 14.1 Å². The van der Waals surface area contributed by atoms with E-state index >= 15 is 0 Å². The smallest absolute Gasteiger partial charge is 0.235 e. The van der Waals surface area contributed by atoms with E-state index in [1.165, 1.54) is 70.8 Å².